The van der Waals surface area contributed by atoms with E-state index in [1.54, 1.807) is 0 Å². The van der Waals surface area contributed by atoms with Crippen molar-refractivity contribution in [2.45, 2.75) is 12.3 Å². The fourth-order valence-electron chi connectivity index (χ4n) is 0.240. The Bertz CT molecular complexity index is 94.5. The van der Waals surface area contributed by atoms with Crippen LogP contribution < -0.4 is 5.73 Å². The van der Waals surface area contributed by atoms with E-state index in [1.165, 1.54) is 0 Å². The smallest absolute Gasteiger partial charge is 0.190 e. The predicted octanol–water partition coefficient (Wildman–Crippen LogP) is -3.22. The summed E-state index contributed by atoms with van der Waals surface area (Å²) in [6, 6.07) is 0. The average molecular weight is 117 g/mol. The molecule has 0 aromatic heterocycles. The van der Waals surface area contributed by atoms with Crippen molar-refractivity contribution in [2.75, 3.05) is 0 Å². The first-order valence-corrected chi connectivity index (χ1v) is 2.18. The number of carbonyl (C=O) groups excluding carboxylic acids is 1. The monoisotopic (exact) mass is 117 g/mol. The second kappa shape index (κ2) is 2.81. The topological polar surface area (TPSA) is 83.5 Å². The summed E-state index contributed by atoms with van der Waals surface area (Å²) in [5.41, 5.74) is 4.19. The molecule has 4 N–H and O–H groups in total. The van der Waals surface area contributed by atoms with Crippen molar-refractivity contribution >= 4 is 13.5 Å². The van der Waals surface area contributed by atoms with Gasteiger partial charge < -0.3 is 20.7 Å². The first-order valence-electron chi connectivity index (χ1n) is 2.18. The van der Waals surface area contributed by atoms with Gasteiger partial charge in [0.15, 0.2) is 7.85 Å². The Morgan fingerprint density at radius 3 is 2.00 bits per heavy atom. The Balaban J connectivity index is 3.64. The first kappa shape index (κ1) is 7.61. The number of nitrogens with two attached hydrogens (primary N) is 1. The fourth-order valence-corrected chi connectivity index (χ4v) is 0.240. The third kappa shape index (κ3) is 2.06. The molecule has 2 unspecified atom stereocenters. The second-order valence-corrected chi connectivity index (χ2v) is 1.55. The molecule has 0 aliphatic carbocycles. The van der Waals surface area contributed by atoms with Gasteiger partial charge in [0, 0.05) is 0 Å². The summed E-state index contributed by atoms with van der Waals surface area (Å²) in [5, 5.41) is 16.8. The van der Waals surface area contributed by atoms with Crippen molar-refractivity contribution in [3.63, 3.8) is 0 Å². The number of carbonyl (C=O) groups is 1. The lowest BCUT2D eigenvalue weighted by molar-refractivity contribution is -0.124. The number of aliphatic hydroxyl groups excluding tert-OH is 2. The van der Waals surface area contributed by atoms with Gasteiger partial charge in [-0.25, -0.2) is 0 Å². The molecule has 0 saturated carbocycles. The standard InChI is InChI=1S/C3H8BNO3/c4-2(7)1(6)3(5)8/h1,3,6,8H,4-5H2. The summed E-state index contributed by atoms with van der Waals surface area (Å²) in [6.45, 7) is 0. The third-order valence-electron chi connectivity index (χ3n) is 0.740. The van der Waals surface area contributed by atoms with E-state index in [1.807, 2.05) is 0 Å². The number of hydrogen-bond acceptors (Lipinski definition) is 4. The Morgan fingerprint density at radius 1 is 1.62 bits per heavy atom. The van der Waals surface area contributed by atoms with Crippen molar-refractivity contribution in [3.05, 3.63) is 0 Å². The molecular formula is C3H8BNO3. The molecule has 0 aromatic rings. The Kier molecular flexibility index (Phi) is 2.67. The maximum Gasteiger partial charge on any atom is 0.190 e. The first-order chi connectivity index (χ1) is 3.55. The molecule has 2 atom stereocenters. The lowest BCUT2D eigenvalue weighted by Gasteiger charge is -2.07. The highest BCUT2D eigenvalue weighted by atomic mass is 16.3. The van der Waals surface area contributed by atoms with Crippen LogP contribution in [0.4, 0.5) is 0 Å². The quantitative estimate of drug-likeness (QED) is 0.262. The largest absolute Gasteiger partial charge is 0.382 e. The number of aliphatic hydroxyl groups is 2. The van der Waals surface area contributed by atoms with Gasteiger partial charge in [0.1, 0.15) is 18.0 Å². The maximum atomic E-state index is 10.1. The second-order valence-electron chi connectivity index (χ2n) is 1.55. The van der Waals surface area contributed by atoms with Crippen LogP contribution in [0, 0.1) is 0 Å². The molecule has 0 aliphatic heterocycles. The Labute approximate surface area is 47.7 Å². The summed E-state index contributed by atoms with van der Waals surface area (Å²) in [7, 11) is 1.15. The van der Waals surface area contributed by atoms with Crippen LogP contribution in [0.2, 0.25) is 0 Å². The summed E-state index contributed by atoms with van der Waals surface area (Å²) >= 11 is 0. The normalized spacial score (nSPS) is 17.4. The summed E-state index contributed by atoms with van der Waals surface area (Å²) in [6.07, 6.45) is -2.89. The van der Waals surface area contributed by atoms with Gasteiger partial charge in [0.25, 0.3) is 0 Å². The van der Waals surface area contributed by atoms with Crippen LogP contribution >= 0.6 is 0 Å². The Hall–Kier alpha value is -0.385. The minimum absolute atomic E-state index is 0.528. The summed E-state index contributed by atoms with van der Waals surface area (Å²) in [5.74, 6) is 0. The predicted molar refractivity (Wildman–Crippen MR) is 29.8 cm³/mol. The zero-order valence-electron chi connectivity index (χ0n) is 4.53. The van der Waals surface area contributed by atoms with Crippen LogP contribution in [0.15, 0.2) is 0 Å². The number of rotatable bonds is 2. The fraction of sp³-hybridized carbons (Fsp3) is 0.667. The molecule has 5 heteroatoms. The van der Waals surface area contributed by atoms with E-state index >= 15 is 0 Å². The van der Waals surface area contributed by atoms with Gasteiger partial charge >= 0.3 is 0 Å². The van der Waals surface area contributed by atoms with Gasteiger partial charge in [-0.15, -0.1) is 0 Å². The SMILES string of the molecule is BC(=O)C(O)C(N)O. The van der Waals surface area contributed by atoms with Crippen molar-refractivity contribution in [2.24, 2.45) is 5.73 Å². The molecule has 0 fully saturated rings. The molecule has 0 heterocycles. The van der Waals surface area contributed by atoms with Crippen LogP contribution in [0.1, 0.15) is 0 Å². The molecule has 0 aromatic carbocycles. The molecular weight excluding hydrogens is 109 g/mol. The van der Waals surface area contributed by atoms with E-state index in [2.05, 4.69) is 0 Å². The molecule has 0 spiro atoms. The van der Waals surface area contributed by atoms with Crippen LogP contribution in [0.25, 0.3) is 0 Å². The highest BCUT2D eigenvalue weighted by Crippen LogP contribution is 1.82. The molecule has 4 nitrogen and oxygen atoms in total. The van der Waals surface area contributed by atoms with Crippen molar-refractivity contribution in [1.82, 2.24) is 0 Å². The van der Waals surface area contributed by atoms with Crippen molar-refractivity contribution in [1.29, 1.82) is 0 Å². The molecule has 0 aliphatic rings. The van der Waals surface area contributed by atoms with Gasteiger partial charge in [0.2, 0.25) is 0 Å². The summed E-state index contributed by atoms with van der Waals surface area (Å²) in [4.78, 5) is 10.1. The minimum Gasteiger partial charge on any atom is -0.382 e. The minimum atomic E-state index is -1.45. The third-order valence-corrected chi connectivity index (χ3v) is 0.740. The van der Waals surface area contributed by atoms with Crippen LogP contribution in [0.3, 0.4) is 0 Å². The van der Waals surface area contributed by atoms with Crippen molar-refractivity contribution in [3.8, 4) is 0 Å². The zero-order chi connectivity index (χ0) is 6.73. The highest BCUT2D eigenvalue weighted by Gasteiger charge is 2.14. The van der Waals surface area contributed by atoms with Crippen LogP contribution in [-0.4, -0.2) is 36.1 Å². The van der Waals surface area contributed by atoms with Gasteiger partial charge in [-0.3, -0.25) is 0 Å². The van der Waals surface area contributed by atoms with Crippen molar-refractivity contribution < 1.29 is 15.0 Å². The van der Waals surface area contributed by atoms with Gasteiger partial charge in [0.05, 0.1) is 0 Å². The average Bonchev–Trinajstić information content (AvgIpc) is 1.64. The van der Waals surface area contributed by atoms with Crippen LogP contribution in [-0.2, 0) is 4.79 Å². The Morgan fingerprint density at radius 2 is 2.00 bits per heavy atom. The van der Waals surface area contributed by atoms with E-state index in [9.17, 15) is 4.79 Å². The molecule has 0 bridgehead atoms. The number of hydrogen-bond donors (Lipinski definition) is 3. The summed E-state index contributed by atoms with van der Waals surface area (Å²) < 4.78 is 0. The molecule has 0 radical (unpaired) electrons. The van der Waals surface area contributed by atoms with E-state index in [0.29, 0.717) is 0 Å². The molecule has 46 valence electrons. The van der Waals surface area contributed by atoms with E-state index < -0.39 is 18.0 Å². The van der Waals surface area contributed by atoms with E-state index in [0.717, 1.165) is 7.85 Å². The lowest BCUT2D eigenvalue weighted by Crippen LogP contribution is -2.40. The van der Waals surface area contributed by atoms with Gasteiger partial charge in [-0.05, 0) is 0 Å². The van der Waals surface area contributed by atoms with Gasteiger partial charge in [-0.1, -0.05) is 0 Å². The highest BCUT2D eigenvalue weighted by molar-refractivity contribution is 6.58. The van der Waals surface area contributed by atoms with E-state index in [4.69, 9.17) is 15.9 Å². The maximum absolute atomic E-state index is 10.1. The lowest BCUT2D eigenvalue weighted by atomic mass is 9.96. The molecule has 0 rings (SSSR count). The van der Waals surface area contributed by atoms with Crippen LogP contribution in [0.5, 0.6) is 0 Å². The zero-order valence-corrected chi connectivity index (χ0v) is 4.53. The molecule has 0 saturated heterocycles. The van der Waals surface area contributed by atoms with Gasteiger partial charge in [-0.2, -0.15) is 0 Å². The molecule has 8 heavy (non-hydrogen) atoms. The molecule has 0 amide bonds. The van der Waals surface area contributed by atoms with E-state index in [-0.39, 0.29) is 0 Å².